The summed E-state index contributed by atoms with van der Waals surface area (Å²) < 4.78 is 11.3. The molecule has 1 aliphatic rings. The lowest BCUT2D eigenvalue weighted by Crippen LogP contribution is -2.34. The first-order valence-electron chi connectivity index (χ1n) is 8.85. The second-order valence-corrected chi connectivity index (χ2v) is 6.67. The van der Waals surface area contributed by atoms with Gasteiger partial charge in [0.2, 0.25) is 0 Å². The first-order chi connectivity index (χ1) is 11.8. The van der Waals surface area contributed by atoms with E-state index in [1.807, 2.05) is 24.3 Å². The minimum absolute atomic E-state index is 0.354. The molecule has 3 heteroatoms. The number of methoxy groups -OCH3 is 1. The van der Waals surface area contributed by atoms with Crippen LogP contribution in [0, 0.1) is 5.92 Å². The van der Waals surface area contributed by atoms with E-state index in [-0.39, 0.29) is 0 Å². The van der Waals surface area contributed by atoms with Crippen LogP contribution in [0.25, 0.3) is 0 Å². The fourth-order valence-corrected chi connectivity index (χ4v) is 3.54. The fraction of sp³-hybridized carbons (Fsp3) is 0.429. The third-order valence-corrected chi connectivity index (χ3v) is 4.92. The molecule has 0 radical (unpaired) electrons. The molecule has 0 heterocycles. The van der Waals surface area contributed by atoms with E-state index in [4.69, 9.17) is 15.2 Å². The van der Waals surface area contributed by atoms with Gasteiger partial charge in [0.25, 0.3) is 0 Å². The molecule has 2 aromatic carbocycles. The molecule has 24 heavy (non-hydrogen) atoms. The number of hydrogen-bond donors (Lipinski definition) is 1. The van der Waals surface area contributed by atoms with E-state index >= 15 is 0 Å². The normalized spacial score (nSPS) is 20.6. The highest BCUT2D eigenvalue weighted by molar-refractivity contribution is 5.39. The summed E-state index contributed by atoms with van der Waals surface area (Å²) in [5.74, 6) is 2.16. The molecule has 0 amide bonds. The van der Waals surface area contributed by atoms with E-state index in [1.54, 1.807) is 7.11 Å². The molecule has 3 nitrogen and oxygen atoms in total. The van der Waals surface area contributed by atoms with Crippen molar-refractivity contribution in [2.75, 3.05) is 7.11 Å². The van der Waals surface area contributed by atoms with E-state index in [0.717, 1.165) is 17.9 Å². The number of ether oxygens (including phenoxy) is 2. The van der Waals surface area contributed by atoms with Crippen molar-refractivity contribution in [2.45, 2.75) is 44.8 Å². The predicted molar refractivity (Wildman–Crippen MR) is 97.4 cm³/mol. The molecule has 0 bridgehead atoms. The largest absolute Gasteiger partial charge is 0.493 e. The highest BCUT2D eigenvalue weighted by Gasteiger charge is 2.21. The Bertz CT molecular complexity index is 656. The van der Waals surface area contributed by atoms with Crippen molar-refractivity contribution in [3.63, 3.8) is 0 Å². The summed E-state index contributed by atoms with van der Waals surface area (Å²) in [6.07, 6.45) is 6.09. The van der Waals surface area contributed by atoms with Gasteiger partial charge >= 0.3 is 0 Å². The predicted octanol–water partition coefficient (Wildman–Crippen LogP) is 4.33. The van der Waals surface area contributed by atoms with Gasteiger partial charge in [0.05, 0.1) is 7.11 Å². The van der Waals surface area contributed by atoms with Crippen LogP contribution in [0.1, 0.15) is 36.8 Å². The minimum Gasteiger partial charge on any atom is -0.493 e. The SMILES string of the molecule is COc1ccccc1OCc1cccc(CC2CCCCC2N)c1. The van der Waals surface area contributed by atoms with Gasteiger partial charge in [0.15, 0.2) is 11.5 Å². The van der Waals surface area contributed by atoms with E-state index in [2.05, 4.69) is 24.3 Å². The van der Waals surface area contributed by atoms with E-state index in [0.29, 0.717) is 18.6 Å². The molecule has 128 valence electrons. The van der Waals surface area contributed by atoms with E-state index in [1.165, 1.54) is 36.8 Å². The number of para-hydroxylation sites is 2. The van der Waals surface area contributed by atoms with E-state index < -0.39 is 0 Å². The Morgan fingerprint density at radius 3 is 2.50 bits per heavy atom. The molecule has 1 aliphatic carbocycles. The Morgan fingerprint density at radius 1 is 0.958 bits per heavy atom. The van der Waals surface area contributed by atoms with Crippen molar-refractivity contribution in [2.24, 2.45) is 11.7 Å². The highest BCUT2D eigenvalue weighted by atomic mass is 16.5. The molecule has 1 fully saturated rings. The average Bonchev–Trinajstić information content (AvgIpc) is 2.62. The Morgan fingerprint density at radius 2 is 1.71 bits per heavy atom. The quantitative estimate of drug-likeness (QED) is 0.859. The zero-order chi connectivity index (χ0) is 16.8. The fourth-order valence-electron chi connectivity index (χ4n) is 3.54. The van der Waals surface area contributed by atoms with Gasteiger partial charge in [-0.15, -0.1) is 0 Å². The van der Waals surface area contributed by atoms with Crippen LogP contribution in [-0.2, 0) is 13.0 Å². The lowest BCUT2D eigenvalue weighted by Gasteiger charge is -2.28. The third-order valence-electron chi connectivity index (χ3n) is 4.92. The molecule has 3 rings (SSSR count). The Labute approximate surface area is 144 Å². The van der Waals surface area contributed by atoms with E-state index in [9.17, 15) is 0 Å². The molecular formula is C21H27NO2. The molecule has 2 atom stereocenters. The van der Waals surface area contributed by atoms with Gasteiger partial charge in [-0.2, -0.15) is 0 Å². The average molecular weight is 325 g/mol. The molecule has 0 spiro atoms. The van der Waals surface area contributed by atoms with Gasteiger partial charge in [0.1, 0.15) is 6.61 Å². The van der Waals surface area contributed by atoms with Crippen molar-refractivity contribution >= 4 is 0 Å². The highest BCUT2D eigenvalue weighted by Crippen LogP contribution is 2.28. The summed E-state index contributed by atoms with van der Waals surface area (Å²) in [5, 5.41) is 0. The molecule has 2 aromatic rings. The summed E-state index contributed by atoms with van der Waals surface area (Å²) in [4.78, 5) is 0. The van der Waals surface area contributed by atoms with Gasteiger partial charge in [-0.05, 0) is 48.4 Å². The number of benzene rings is 2. The molecule has 1 saturated carbocycles. The number of hydrogen-bond acceptors (Lipinski definition) is 3. The summed E-state index contributed by atoms with van der Waals surface area (Å²) >= 11 is 0. The Hall–Kier alpha value is -2.00. The summed E-state index contributed by atoms with van der Waals surface area (Å²) in [5.41, 5.74) is 8.84. The Balaban J connectivity index is 1.62. The van der Waals surface area contributed by atoms with Gasteiger partial charge in [-0.1, -0.05) is 49.2 Å². The number of rotatable bonds is 6. The third kappa shape index (κ3) is 4.30. The second kappa shape index (κ2) is 8.20. The van der Waals surface area contributed by atoms with Crippen LogP contribution in [-0.4, -0.2) is 13.2 Å². The molecule has 2 N–H and O–H groups in total. The topological polar surface area (TPSA) is 44.5 Å². The molecular weight excluding hydrogens is 298 g/mol. The molecule has 2 unspecified atom stereocenters. The molecule has 0 aliphatic heterocycles. The summed E-state index contributed by atoms with van der Waals surface area (Å²) in [6, 6.07) is 16.8. The zero-order valence-electron chi connectivity index (χ0n) is 14.4. The van der Waals surface area contributed by atoms with Crippen molar-refractivity contribution < 1.29 is 9.47 Å². The lowest BCUT2D eigenvalue weighted by atomic mass is 9.81. The van der Waals surface area contributed by atoms with Crippen LogP contribution in [0.3, 0.4) is 0 Å². The monoisotopic (exact) mass is 325 g/mol. The van der Waals surface area contributed by atoms with Crippen molar-refractivity contribution in [3.05, 3.63) is 59.7 Å². The summed E-state index contributed by atoms with van der Waals surface area (Å²) in [6.45, 7) is 0.547. The van der Waals surface area contributed by atoms with Crippen LogP contribution in [0.4, 0.5) is 0 Å². The van der Waals surface area contributed by atoms with Gasteiger partial charge in [-0.25, -0.2) is 0 Å². The maximum absolute atomic E-state index is 6.29. The first kappa shape index (κ1) is 16.8. The molecule has 0 saturated heterocycles. The number of nitrogens with two attached hydrogens (primary N) is 1. The Kier molecular flexibility index (Phi) is 5.76. The lowest BCUT2D eigenvalue weighted by molar-refractivity contribution is 0.284. The smallest absolute Gasteiger partial charge is 0.161 e. The standard InChI is InChI=1S/C21H27NO2/c1-23-20-11-4-5-12-21(20)24-15-17-8-6-7-16(13-17)14-18-9-2-3-10-19(18)22/h4-8,11-13,18-19H,2-3,9-10,14-15,22H2,1H3. The van der Waals surface area contributed by atoms with Crippen LogP contribution in [0.15, 0.2) is 48.5 Å². The summed E-state index contributed by atoms with van der Waals surface area (Å²) in [7, 11) is 1.66. The maximum Gasteiger partial charge on any atom is 0.161 e. The van der Waals surface area contributed by atoms with Crippen molar-refractivity contribution in [1.29, 1.82) is 0 Å². The van der Waals surface area contributed by atoms with Crippen molar-refractivity contribution in [1.82, 2.24) is 0 Å². The van der Waals surface area contributed by atoms with Gasteiger partial charge in [0, 0.05) is 6.04 Å². The zero-order valence-corrected chi connectivity index (χ0v) is 14.4. The second-order valence-electron chi connectivity index (χ2n) is 6.67. The first-order valence-corrected chi connectivity index (χ1v) is 8.85. The van der Waals surface area contributed by atoms with Gasteiger partial charge < -0.3 is 15.2 Å². The van der Waals surface area contributed by atoms with Crippen LogP contribution in [0.2, 0.25) is 0 Å². The maximum atomic E-state index is 6.29. The van der Waals surface area contributed by atoms with Gasteiger partial charge in [-0.3, -0.25) is 0 Å². The van der Waals surface area contributed by atoms with Crippen molar-refractivity contribution in [3.8, 4) is 11.5 Å². The van der Waals surface area contributed by atoms with Crippen LogP contribution in [0.5, 0.6) is 11.5 Å². The molecule has 0 aromatic heterocycles. The van der Waals surface area contributed by atoms with Crippen LogP contribution < -0.4 is 15.2 Å². The minimum atomic E-state index is 0.354. The van der Waals surface area contributed by atoms with Crippen LogP contribution >= 0.6 is 0 Å².